The van der Waals surface area contributed by atoms with E-state index in [1.54, 1.807) is 43.5 Å². The Hall–Kier alpha value is -2.26. The van der Waals surface area contributed by atoms with E-state index in [-0.39, 0.29) is 4.90 Å². The van der Waals surface area contributed by atoms with Crippen LogP contribution >= 0.6 is 15.8 Å². The number of benzene rings is 4. The van der Waals surface area contributed by atoms with Gasteiger partial charge in [-0.25, -0.2) is 0 Å². The Morgan fingerprint density at radius 2 is 0.660 bits per heavy atom. The Morgan fingerprint density at radius 3 is 0.915 bits per heavy atom. The summed E-state index contributed by atoms with van der Waals surface area (Å²) in [5.41, 5.74) is 6.46. The molecule has 47 heavy (non-hydrogen) atoms. The molecule has 0 nitrogen and oxygen atoms in total. The van der Waals surface area contributed by atoms with Crippen molar-refractivity contribution in [2.45, 2.75) is 135 Å². The van der Waals surface area contributed by atoms with Crippen molar-refractivity contribution in [3.8, 4) is 0 Å². The molecule has 0 atom stereocenters. The van der Waals surface area contributed by atoms with E-state index >= 15 is 0 Å². The maximum absolute atomic E-state index is 2.58. The molecule has 1 aliphatic rings. The molecule has 4 aromatic rings. The first-order chi connectivity index (χ1) is 23.2. The van der Waals surface area contributed by atoms with Gasteiger partial charge in [-0.05, 0) is 124 Å². The summed E-state index contributed by atoms with van der Waals surface area (Å²) in [6, 6.07) is 39.0. The minimum Gasteiger partial charge on any atom is -0.0654 e. The topological polar surface area (TPSA) is 0 Å². The maximum atomic E-state index is 2.58. The van der Waals surface area contributed by atoms with Crippen LogP contribution in [0.3, 0.4) is 0 Å². The molecule has 2 heteroatoms. The van der Waals surface area contributed by atoms with E-state index in [1.807, 2.05) is 0 Å². The van der Waals surface area contributed by atoms with Crippen LogP contribution in [-0.2, 0) is 25.7 Å². The van der Waals surface area contributed by atoms with Crippen molar-refractivity contribution in [1.82, 2.24) is 0 Å². The standard InChI is InChI=1S/C45H60P2/c1-5-9-23-37-27-13-17-31-41(37)46(42-32-18-14-28-38(42)24-10-6-2)45(35-21-22-36-45)47(43-33-19-15-29-39(43)25-11-7-3)44-34-20-16-30-40(44)26-12-8-4/h13-20,27-34H,5-12,21-26,35-36H2,1-4H3. The lowest BCUT2D eigenvalue weighted by Crippen LogP contribution is -2.40. The van der Waals surface area contributed by atoms with Gasteiger partial charge in [-0.3, -0.25) is 0 Å². The molecular formula is C45H60P2. The van der Waals surface area contributed by atoms with Gasteiger partial charge in [0, 0.05) is 4.90 Å². The van der Waals surface area contributed by atoms with Crippen molar-refractivity contribution in [1.29, 1.82) is 0 Å². The second-order valence-electron chi connectivity index (χ2n) is 13.8. The fourth-order valence-electron chi connectivity index (χ4n) is 7.88. The van der Waals surface area contributed by atoms with E-state index < -0.39 is 15.8 Å². The Morgan fingerprint density at radius 1 is 0.404 bits per heavy atom. The van der Waals surface area contributed by atoms with E-state index in [1.165, 1.54) is 103 Å². The lowest BCUT2D eigenvalue weighted by Gasteiger charge is -2.47. The summed E-state index contributed by atoms with van der Waals surface area (Å²) in [6.45, 7) is 9.40. The van der Waals surface area contributed by atoms with Crippen LogP contribution < -0.4 is 21.2 Å². The summed E-state index contributed by atoms with van der Waals surface area (Å²) in [7, 11) is -1.24. The Labute approximate surface area is 290 Å². The summed E-state index contributed by atoms with van der Waals surface area (Å²) in [5.74, 6) is 0. The first-order valence-electron chi connectivity index (χ1n) is 19.1. The van der Waals surface area contributed by atoms with Crippen LogP contribution in [0.4, 0.5) is 0 Å². The lowest BCUT2D eigenvalue weighted by molar-refractivity contribution is 0.791. The molecule has 0 heterocycles. The largest absolute Gasteiger partial charge is 0.0654 e. The van der Waals surface area contributed by atoms with Gasteiger partial charge in [0.05, 0.1) is 0 Å². The Kier molecular flexibility index (Phi) is 14.2. The third-order valence-corrected chi connectivity index (χ3v) is 17.8. The monoisotopic (exact) mass is 662 g/mol. The van der Waals surface area contributed by atoms with E-state index in [9.17, 15) is 0 Å². The summed E-state index contributed by atoms with van der Waals surface area (Å²) in [6.07, 6.45) is 20.1. The highest BCUT2D eigenvalue weighted by Gasteiger charge is 2.51. The molecule has 4 aromatic carbocycles. The van der Waals surface area contributed by atoms with Gasteiger partial charge in [0.2, 0.25) is 0 Å². The van der Waals surface area contributed by atoms with Gasteiger partial charge in [0.15, 0.2) is 0 Å². The fourth-order valence-corrected chi connectivity index (χ4v) is 16.6. The van der Waals surface area contributed by atoms with Gasteiger partial charge in [-0.1, -0.05) is 163 Å². The summed E-state index contributed by atoms with van der Waals surface area (Å²) in [4.78, 5) is 0.222. The quantitative estimate of drug-likeness (QED) is 0.0930. The Bertz CT molecular complexity index is 1300. The average molecular weight is 663 g/mol. The van der Waals surface area contributed by atoms with Crippen LogP contribution in [0.1, 0.15) is 127 Å². The van der Waals surface area contributed by atoms with Gasteiger partial charge in [-0.15, -0.1) is 0 Å². The van der Waals surface area contributed by atoms with Gasteiger partial charge in [0.1, 0.15) is 0 Å². The molecule has 0 unspecified atom stereocenters. The zero-order valence-electron chi connectivity index (χ0n) is 29.9. The van der Waals surface area contributed by atoms with Gasteiger partial charge >= 0.3 is 0 Å². The van der Waals surface area contributed by atoms with Crippen LogP contribution in [0.25, 0.3) is 0 Å². The molecule has 0 aliphatic heterocycles. The van der Waals surface area contributed by atoms with E-state index in [2.05, 4.69) is 125 Å². The van der Waals surface area contributed by atoms with E-state index in [0.29, 0.717) is 0 Å². The second-order valence-corrected chi connectivity index (χ2v) is 19.1. The first kappa shape index (κ1) is 36.0. The van der Waals surface area contributed by atoms with Crippen molar-refractivity contribution >= 4 is 37.1 Å². The predicted octanol–water partition coefficient (Wildman–Crippen LogP) is 11.9. The molecule has 1 saturated carbocycles. The van der Waals surface area contributed by atoms with Crippen molar-refractivity contribution in [3.05, 3.63) is 119 Å². The SMILES string of the molecule is CCCCc1ccccc1P(c1ccccc1CCCC)C1(P(c2ccccc2CCCC)c2ccccc2CCCC)CCCC1. The first-order valence-corrected chi connectivity index (χ1v) is 21.8. The number of rotatable bonds is 18. The van der Waals surface area contributed by atoms with Gasteiger partial charge in [0.25, 0.3) is 0 Å². The minimum absolute atomic E-state index is 0.222. The van der Waals surface area contributed by atoms with Crippen molar-refractivity contribution in [2.75, 3.05) is 0 Å². The van der Waals surface area contributed by atoms with Crippen LogP contribution in [0, 0.1) is 0 Å². The maximum Gasteiger partial charge on any atom is 0.0267 e. The number of hydrogen-bond acceptors (Lipinski definition) is 0. The molecule has 5 rings (SSSR count). The molecule has 0 N–H and O–H groups in total. The van der Waals surface area contributed by atoms with Crippen molar-refractivity contribution in [3.63, 3.8) is 0 Å². The smallest absolute Gasteiger partial charge is 0.0267 e. The number of unbranched alkanes of at least 4 members (excludes halogenated alkanes) is 4. The third kappa shape index (κ3) is 8.49. The number of hydrogen-bond donors (Lipinski definition) is 0. The molecule has 1 aliphatic carbocycles. The molecule has 250 valence electrons. The zero-order valence-corrected chi connectivity index (χ0v) is 31.7. The van der Waals surface area contributed by atoms with Crippen LogP contribution in [0.2, 0.25) is 0 Å². The highest BCUT2D eigenvalue weighted by molar-refractivity contribution is 7.91. The summed E-state index contributed by atoms with van der Waals surface area (Å²) >= 11 is 0. The normalized spacial score (nSPS) is 14.3. The minimum atomic E-state index is -0.619. The van der Waals surface area contributed by atoms with Crippen LogP contribution in [0.5, 0.6) is 0 Å². The highest BCUT2D eigenvalue weighted by atomic mass is 31.2. The number of aryl methyl sites for hydroxylation is 4. The lowest BCUT2D eigenvalue weighted by atomic mass is 10.1. The van der Waals surface area contributed by atoms with Gasteiger partial charge < -0.3 is 0 Å². The molecule has 0 bridgehead atoms. The molecular weight excluding hydrogens is 602 g/mol. The summed E-state index contributed by atoms with van der Waals surface area (Å²) < 4.78 is 0. The highest BCUT2D eigenvalue weighted by Crippen LogP contribution is 2.72. The average Bonchev–Trinajstić information content (AvgIpc) is 3.60. The molecule has 0 aromatic heterocycles. The van der Waals surface area contributed by atoms with E-state index in [4.69, 9.17) is 0 Å². The molecule has 0 spiro atoms. The van der Waals surface area contributed by atoms with Crippen molar-refractivity contribution in [2.24, 2.45) is 0 Å². The Balaban J connectivity index is 1.85. The molecule has 0 saturated heterocycles. The van der Waals surface area contributed by atoms with Crippen LogP contribution in [0.15, 0.2) is 97.1 Å². The summed E-state index contributed by atoms with van der Waals surface area (Å²) in [5, 5.41) is 6.75. The van der Waals surface area contributed by atoms with E-state index in [0.717, 1.165) is 0 Å². The third-order valence-electron chi connectivity index (χ3n) is 10.4. The predicted molar refractivity (Wildman–Crippen MR) is 214 cm³/mol. The second kappa shape index (κ2) is 18.5. The molecule has 1 fully saturated rings. The fraction of sp³-hybridized carbons (Fsp3) is 0.467. The zero-order chi connectivity index (χ0) is 32.9. The molecule has 0 radical (unpaired) electrons. The molecule has 0 amide bonds. The van der Waals surface area contributed by atoms with Crippen LogP contribution in [-0.4, -0.2) is 4.90 Å². The van der Waals surface area contributed by atoms with Gasteiger partial charge in [-0.2, -0.15) is 0 Å². The van der Waals surface area contributed by atoms with Crippen molar-refractivity contribution < 1.29 is 0 Å².